The van der Waals surface area contributed by atoms with Crippen molar-refractivity contribution in [2.75, 3.05) is 6.54 Å². The highest BCUT2D eigenvalue weighted by atomic mass is 16.4. The molecule has 4 amide bonds. The molecule has 1 aromatic carbocycles. The van der Waals surface area contributed by atoms with E-state index >= 15 is 0 Å². The number of hydrogen-bond acceptors (Lipinski definition) is 8. The van der Waals surface area contributed by atoms with Gasteiger partial charge in [0.1, 0.15) is 18.1 Å². The van der Waals surface area contributed by atoms with Crippen molar-refractivity contribution in [1.29, 1.82) is 0 Å². The van der Waals surface area contributed by atoms with Gasteiger partial charge in [0.05, 0.1) is 6.04 Å². The minimum atomic E-state index is -1.36. The number of hydrogen-bond donors (Lipinski definition) is 9. The van der Waals surface area contributed by atoms with Crippen LogP contribution in [0, 0.1) is 0 Å². The molecule has 12 N–H and O–H groups in total. The van der Waals surface area contributed by atoms with E-state index in [4.69, 9.17) is 22.3 Å². The Morgan fingerprint density at radius 3 is 2.05 bits per heavy atom. The van der Waals surface area contributed by atoms with Gasteiger partial charge in [-0.3, -0.25) is 24.0 Å². The summed E-state index contributed by atoms with van der Waals surface area (Å²) in [4.78, 5) is 76.4. The van der Waals surface area contributed by atoms with Gasteiger partial charge in [-0.2, -0.15) is 0 Å². The third-order valence-electron chi connectivity index (χ3n) is 6.61. The molecule has 230 valence electrons. The van der Waals surface area contributed by atoms with Crippen LogP contribution in [0.25, 0.3) is 10.9 Å². The first-order chi connectivity index (χ1) is 19.9. The summed E-state index contributed by atoms with van der Waals surface area (Å²) in [6.07, 6.45) is 1.65. The van der Waals surface area contributed by atoms with E-state index in [1.807, 2.05) is 18.2 Å². The fraction of sp³-hybridized carbons (Fsp3) is 0.481. The Bertz CT molecular complexity index is 1260. The van der Waals surface area contributed by atoms with Gasteiger partial charge in [-0.25, -0.2) is 4.79 Å². The summed E-state index contributed by atoms with van der Waals surface area (Å²) in [6.45, 7) is 0.330. The predicted octanol–water partition coefficient (Wildman–Crippen LogP) is -1.16. The number of carboxylic acids is 2. The molecule has 4 unspecified atom stereocenters. The van der Waals surface area contributed by atoms with E-state index in [-0.39, 0.29) is 38.5 Å². The van der Waals surface area contributed by atoms with E-state index in [2.05, 4.69) is 20.9 Å². The number of fused-ring (bicyclic) bond motifs is 1. The molecule has 1 heterocycles. The summed E-state index contributed by atoms with van der Waals surface area (Å²) in [7, 11) is 0. The lowest BCUT2D eigenvalue weighted by atomic mass is 10.0. The van der Waals surface area contributed by atoms with Crippen molar-refractivity contribution in [3.8, 4) is 0 Å². The maximum Gasteiger partial charge on any atom is 0.326 e. The molecule has 1 aromatic heterocycles. The van der Waals surface area contributed by atoms with Gasteiger partial charge in [-0.1, -0.05) is 18.2 Å². The maximum atomic E-state index is 13.2. The molecular weight excluding hydrogens is 550 g/mol. The lowest BCUT2D eigenvalue weighted by Crippen LogP contribution is -2.57. The fourth-order valence-corrected chi connectivity index (χ4v) is 4.27. The Hall–Kier alpha value is -4.50. The summed E-state index contributed by atoms with van der Waals surface area (Å²) >= 11 is 0. The Morgan fingerprint density at radius 1 is 0.810 bits per heavy atom. The first-order valence-electron chi connectivity index (χ1n) is 13.6. The number of aromatic amines is 1. The van der Waals surface area contributed by atoms with Crippen molar-refractivity contribution in [2.24, 2.45) is 17.2 Å². The third-order valence-corrected chi connectivity index (χ3v) is 6.61. The van der Waals surface area contributed by atoms with Crippen LogP contribution in [0.15, 0.2) is 30.5 Å². The first kappa shape index (κ1) is 33.7. The van der Waals surface area contributed by atoms with Crippen LogP contribution in [0.2, 0.25) is 0 Å². The molecule has 0 aliphatic heterocycles. The second-order valence-electron chi connectivity index (χ2n) is 9.91. The molecule has 2 aromatic rings. The smallest absolute Gasteiger partial charge is 0.326 e. The zero-order valence-electron chi connectivity index (χ0n) is 23.1. The van der Waals surface area contributed by atoms with Crippen molar-refractivity contribution in [3.63, 3.8) is 0 Å². The Balaban J connectivity index is 2.18. The van der Waals surface area contributed by atoms with Crippen molar-refractivity contribution in [2.45, 2.75) is 75.5 Å². The lowest BCUT2D eigenvalue weighted by Gasteiger charge is -2.25. The second-order valence-corrected chi connectivity index (χ2v) is 9.91. The highest BCUT2D eigenvalue weighted by Gasteiger charge is 2.31. The highest BCUT2D eigenvalue weighted by Crippen LogP contribution is 2.19. The number of H-pyrrole nitrogens is 1. The largest absolute Gasteiger partial charge is 0.481 e. The Morgan fingerprint density at radius 2 is 1.43 bits per heavy atom. The summed E-state index contributed by atoms with van der Waals surface area (Å²) in [6, 6.07) is 2.17. The predicted molar refractivity (Wildman–Crippen MR) is 152 cm³/mol. The highest BCUT2D eigenvalue weighted by molar-refractivity contribution is 5.94. The number of unbranched alkanes of at least 4 members (excludes halogenated alkanes) is 1. The first-order valence-corrected chi connectivity index (χ1v) is 13.6. The van der Waals surface area contributed by atoms with Crippen LogP contribution < -0.4 is 33.2 Å². The molecular formula is C27H39N7O8. The topological polar surface area (TPSA) is 273 Å². The van der Waals surface area contributed by atoms with Crippen LogP contribution in [0.5, 0.6) is 0 Å². The third kappa shape index (κ3) is 10.8. The number of primary amides is 1. The number of aromatic nitrogens is 1. The van der Waals surface area contributed by atoms with Gasteiger partial charge < -0.3 is 48.3 Å². The van der Waals surface area contributed by atoms with Gasteiger partial charge in [0.2, 0.25) is 23.6 Å². The molecule has 42 heavy (non-hydrogen) atoms. The molecule has 0 aliphatic rings. The van der Waals surface area contributed by atoms with Crippen LogP contribution >= 0.6 is 0 Å². The number of carboxylic acid groups (broad SMARTS) is 2. The number of aliphatic carboxylic acids is 2. The van der Waals surface area contributed by atoms with E-state index in [0.717, 1.165) is 10.9 Å². The fourth-order valence-electron chi connectivity index (χ4n) is 4.27. The SMILES string of the molecule is NCCCCC(NC(=O)C(N)CCC(=O)O)C(=O)NC(CCC(N)=O)C(=O)NC(Cc1c[nH]c2ccccc12)C(=O)O. The minimum Gasteiger partial charge on any atom is -0.481 e. The van der Waals surface area contributed by atoms with E-state index in [9.17, 15) is 33.9 Å². The quantitative estimate of drug-likeness (QED) is 0.0886. The van der Waals surface area contributed by atoms with E-state index in [1.54, 1.807) is 12.3 Å². The number of carbonyl (C=O) groups is 6. The van der Waals surface area contributed by atoms with Crippen LogP contribution in [0.3, 0.4) is 0 Å². The molecule has 0 fully saturated rings. The van der Waals surface area contributed by atoms with Gasteiger partial charge in [0, 0.05) is 36.4 Å². The number of benzene rings is 1. The number of nitrogens with two attached hydrogens (primary N) is 3. The summed E-state index contributed by atoms with van der Waals surface area (Å²) in [5, 5.41) is 26.8. The average Bonchev–Trinajstić information content (AvgIpc) is 3.35. The van der Waals surface area contributed by atoms with Crippen molar-refractivity contribution < 1.29 is 39.0 Å². The molecule has 4 atom stereocenters. The minimum absolute atomic E-state index is 0.0619. The molecule has 0 spiro atoms. The second kappa shape index (κ2) is 16.7. The van der Waals surface area contributed by atoms with Crippen molar-refractivity contribution in [1.82, 2.24) is 20.9 Å². The van der Waals surface area contributed by atoms with Crippen LogP contribution in [-0.4, -0.2) is 81.5 Å². The molecule has 0 saturated heterocycles. The Labute approximate surface area is 241 Å². The van der Waals surface area contributed by atoms with Gasteiger partial charge in [0.25, 0.3) is 0 Å². The summed E-state index contributed by atoms with van der Waals surface area (Å²) < 4.78 is 0. The van der Waals surface area contributed by atoms with Gasteiger partial charge in [-0.15, -0.1) is 0 Å². The molecule has 15 nitrogen and oxygen atoms in total. The standard InChI is InChI=1S/C27H39N7O8/c28-12-4-3-7-19(32-24(38)17(29)8-11-23(36)37)25(39)33-20(9-10-22(30)35)26(40)34-21(27(41)42)13-15-14-31-18-6-2-1-5-16(15)18/h1-2,5-6,14,17,19-21,31H,3-4,7-13,28-29H2,(H2,30,35)(H,32,38)(H,33,39)(H,34,40)(H,36,37)(H,41,42). The van der Waals surface area contributed by atoms with E-state index in [1.165, 1.54) is 0 Å². The van der Waals surface area contributed by atoms with Crippen LogP contribution in [0.1, 0.15) is 50.5 Å². The monoisotopic (exact) mass is 589 g/mol. The van der Waals surface area contributed by atoms with Gasteiger partial charge >= 0.3 is 11.9 Å². The average molecular weight is 590 g/mol. The number of amides is 4. The van der Waals surface area contributed by atoms with Crippen molar-refractivity contribution in [3.05, 3.63) is 36.0 Å². The molecule has 0 bridgehead atoms. The summed E-state index contributed by atoms with van der Waals surface area (Å²) in [5.41, 5.74) is 18.0. The maximum absolute atomic E-state index is 13.2. The van der Waals surface area contributed by atoms with Gasteiger partial charge in [0.15, 0.2) is 0 Å². The van der Waals surface area contributed by atoms with Gasteiger partial charge in [-0.05, 0) is 50.3 Å². The van der Waals surface area contributed by atoms with Crippen LogP contribution in [0.4, 0.5) is 0 Å². The lowest BCUT2D eigenvalue weighted by molar-refractivity contribution is -0.142. The zero-order chi connectivity index (χ0) is 31.2. The number of nitrogens with one attached hydrogen (secondary N) is 4. The molecule has 15 heteroatoms. The van der Waals surface area contributed by atoms with E-state index < -0.39 is 59.7 Å². The normalized spacial score (nSPS) is 13.9. The number of para-hydroxylation sites is 1. The number of rotatable bonds is 19. The Kier molecular flexibility index (Phi) is 13.4. The molecule has 0 saturated carbocycles. The summed E-state index contributed by atoms with van der Waals surface area (Å²) in [5.74, 6) is -5.58. The molecule has 0 aliphatic carbocycles. The van der Waals surface area contributed by atoms with Crippen LogP contribution in [-0.2, 0) is 35.2 Å². The zero-order valence-corrected chi connectivity index (χ0v) is 23.1. The molecule has 0 radical (unpaired) electrons. The van der Waals surface area contributed by atoms with Crippen molar-refractivity contribution >= 4 is 46.5 Å². The number of carbonyl (C=O) groups excluding carboxylic acids is 4. The molecule has 2 rings (SSSR count). The van der Waals surface area contributed by atoms with E-state index in [0.29, 0.717) is 24.9 Å².